The van der Waals surface area contributed by atoms with Crippen LogP contribution >= 0.6 is 0 Å². The zero-order valence-corrected chi connectivity index (χ0v) is 11.5. The Labute approximate surface area is 118 Å². The maximum atomic E-state index is 11.9. The van der Waals surface area contributed by atoms with Crippen molar-refractivity contribution in [2.75, 3.05) is 6.61 Å². The van der Waals surface area contributed by atoms with Crippen molar-refractivity contribution in [3.8, 4) is 0 Å². The van der Waals surface area contributed by atoms with Gasteiger partial charge in [-0.05, 0) is 17.5 Å². The van der Waals surface area contributed by atoms with E-state index in [2.05, 4.69) is 5.10 Å². The zero-order chi connectivity index (χ0) is 13.9. The number of aryl methyl sites for hydroxylation is 1. The number of carbonyl (C=O) groups is 1. The predicted molar refractivity (Wildman–Crippen MR) is 75.2 cm³/mol. The van der Waals surface area contributed by atoms with Crippen molar-refractivity contribution in [3.63, 3.8) is 0 Å². The number of aromatic nitrogens is 2. The highest BCUT2D eigenvalue weighted by molar-refractivity contribution is 5.77. The van der Waals surface area contributed by atoms with Gasteiger partial charge in [0.1, 0.15) is 0 Å². The van der Waals surface area contributed by atoms with Crippen LogP contribution in [0.2, 0.25) is 0 Å². The third-order valence-corrected chi connectivity index (χ3v) is 3.72. The van der Waals surface area contributed by atoms with Crippen LogP contribution in [0.3, 0.4) is 0 Å². The van der Waals surface area contributed by atoms with Gasteiger partial charge in [-0.3, -0.25) is 9.48 Å². The van der Waals surface area contributed by atoms with Gasteiger partial charge in [0, 0.05) is 25.6 Å². The van der Waals surface area contributed by atoms with E-state index in [0.717, 1.165) is 18.4 Å². The van der Waals surface area contributed by atoms with Gasteiger partial charge in [0.2, 0.25) is 0 Å². The maximum absolute atomic E-state index is 11.9. The molecule has 0 radical (unpaired) electrons. The number of hydrogen-bond acceptors (Lipinski definition) is 3. The molecule has 4 heteroatoms. The first-order valence-electron chi connectivity index (χ1n) is 6.93. The largest absolute Gasteiger partial charge is 0.465 e. The molecule has 0 N–H and O–H groups in total. The van der Waals surface area contributed by atoms with E-state index in [-0.39, 0.29) is 11.9 Å². The Balaban J connectivity index is 1.45. The van der Waals surface area contributed by atoms with Crippen LogP contribution in [-0.2, 0) is 23.0 Å². The summed E-state index contributed by atoms with van der Waals surface area (Å²) < 4.78 is 7.13. The molecule has 2 aromatic rings. The van der Waals surface area contributed by atoms with E-state index in [1.54, 1.807) is 4.68 Å². The minimum Gasteiger partial charge on any atom is -0.465 e. The molecule has 0 spiro atoms. The fraction of sp³-hybridized carbons (Fsp3) is 0.375. The summed E-state index contributed by atoms with van der Waals surface area (Å²) in [5.74, 6) is 0.248. The van der Waals surface area contributed by atoms with E-state index in [9.17, 15) is 4.79 Å². The third kappa shape index (κ3) is 2.90. The van der Waals surface area contributed by atoms with Crippen molar-refractivity contribution < 1.29 is 9.53 Å². The number of benzene rings is 1. The molecule has 1 aliphatic carbocycles. The Morgan fingerprint density at radius 1 is 1.40 bits per heavy atom. The molecule has 1 aromatic heterocycles. The Morgan fingerprint density at radius 2 is 2.20 bits per heavy atom. The summed E-state index contributed by atoms with van der Waals surface area (Å²) in [5.41, 5.74) is 2.33. The van der Waals surface area contributed by atoms with E-state index in [1.165, 1.54) is 5.56 Å². The van der Waals surface area contributed by atoms with Gasteiger partial charge in [-0.1, -0.05) is 30.3 Å². The van der Waals surface area contributed by atoms with Crippen molar-refractivity contribution >= 4 is 5.97 Å². The zero-order valence-electron chi connectivity index (χ0n) is 11.5. The van der Waals surface area contributed by atoms with Gasteiger partial charge in [0.15, 0.2) is 0 Å². The lowest BCUT2D eigenvalue weighted by Gasteiger charge is -2.04. The van der Waals surface area contributed by atoms with Gasteiger partial charge in [-0.15, -0.1) is 0 Å². The molecule has 0 saturated heterocycles. The van der Waals surface area contributed by atoms with Crippen LogP contribution in [0.5, 0.6) is 0 Å². The molecule has 1 fully saturated rings. The highest BCUT2D eigenvalue weighted by Crippen LogP contribution is 2.47. The number of nitrogens with zero attached hydrogens (tertiary/aromatic N) is 2. The number of carbonyl (C=O) groups excluding carboxylic acids is 1. The van der Waals surface area contributed by atoms with Gasteiger partial charge in [-0.25, -0.2) is 0 Å². The first kappa shape index (κ1) is 12.9. The Kier molecular flexibility index (Phi) is 3.54. The molecule has 1 heterocycles. The summed E-state index contributed by atoms with van der Waals surface area (Å²) in [7, 11) is 1.89. The van der Waals surface area contributed by atoms with E-state index < -0.39 is 0 Å². The average molecular weight is 270 g/mol. The summed E-state index contributed by atoms with van der Waals surface area (Å²) in [6.45, 7) is 0.457. The fourth-order valence-electron chi connectivity index (χ4n) is 2.48. The lowest BCUT2D eigenvalue weighted by atomic mass is 10.2. The van der Waals surface area contributed by atoms with Crippen LogP contribution in [0, 0.1) is 5.92 Å². The molecule has 20 heavy (non-hydrogen) atoms. The topological polar surface area (TPSA) is 44.1 Å². The summed E-state index contributed by atoms with van der Waals surface area (Å²) in [6.07, 6.45) is 5.47. The second-order valence-corrected chi connectivity index (χ2v) is 5.30. The van der Waals surface area contributed by atoms with Gasteiger partial charge in [0.05, 0.1) is 18.7 Å². The number of esters is 1. The lowest BCUT2D eigenvalue weighted by molar-refractivity contribution is -0.145. The van der Waals surface area contributed by atoms with Crippen molar-refractivity contribution in [3.05, 3.63) is 53.9 Å². The maximum Gasteiger partial charge on any atom is 0.309 e. The minimum absolute atomic E-state index is 0.0231. The lowest BCUT2D eigenvalue weighted by Crippen LogP contribution is -2.10. The van der Waals surface area contributed by atoms with E-state index in [1.807, 2.05) is 49.8 Å². The molecular weight excluding hydrogens is 252 g/mol. The second kappa shape index (κ2) is 5.49. The molecule has 0 aliphatic heterocycles. The van der Waals surface area contributed by atoms with Crippen LogP contribution < -0.4 is 0 Å². The summed E-state index contributed by atoms with van der Waals surface area (Å²) in [6, 6.07) is 10.1. The molecule has 104 valence electrons. The van der Waals surface area contributed by atoms with E-state index in [4.69, 9.17) is 4.74 Å². The van der Waals surface area contributed by atoms with Crippen LogP contribution in [0.15, 0.2) is 42.7 Å². The monoisotopic (exact) mass is 270 g/mol. The van der Waals surface area contributed by atoms with Gasteiger partial charge < -0.3 is 4.74 Å². The second-order valence-electron chi connectivity index (χ2n) is 5.30. The van der Waals surface area contributed by atoms with E-state index >= 15 is 0 Å². The van der Waals surface area contributed by atoms with Crippen LogP contribution in [0.1, 0.15) is 23.5 Å². The molecule has 0 amide bonds. The highest BCUT2D eigenvalue weighted by Gasteiger charge is 2.45. The van der Waals surface area contributed by atoms with Crippen LogP contribution in [-0.4, -0.2) is 22.4 Å². The minimum atomic E-state index is -0.0743. The van der Waals surface area contributed by atoms with Gasteiger partial charge in [0.25, 0.3) is 0 Å². The first-order chi connectivity index (χ1) is 9.74. The number of ether oxygens (including phenoxy) is 1. The molecule has 2 unspecified atom stereocenters. The van der Waals surface area contributed by atoms with Gasteiger partial charge >= 0.3 is 5.97 Å². The summed E-state index contributed by atoms with van der Waals surface area (Å²) in [4.78, 5) is 11.9. The average Bonchev–Trinajstić information content (AvgIpc) is 3.15. The van der Waals surface area contributed by atoms with Crippen LogP contribution in [0.4, 0.5) is 0 Å². The molecule has 1 aliphatic rings. The molecular formula is C16H18N2O2. The van der Waals surface area contributed by atoms with Crippen LogP contribution in [0.25, 0.3) is 0 Å². The van der Waals surface area contributed by atoms with Crippen molar-refractivity contribution in [1.29, 1.82) is 0 Å². The quantitative estimate of drug-likeness (QED) is 0.783. The predicted octanol–water partition coefficient (Wildman–Crippen LogP) is 2.31. The highest BCUT2D eigenvalue weighted by atomic mass is 16.5. The third-order valence-electron chi connectivity index (χ3n) is 3.72. The number of rotatable bonds is 5. The molecule has 4 nitrogen and oxygen atoms in total. The standard InChI is InChI=1S/C16H18N2O2/c1-18-11-13(10-17-18)14-9-15(14)16(19)20-8-7-12-5-3-2-4-6-12/h2-6,10-11,14-15H,7-9H2,1H3. The van der Waals surface area contributed by atoms with Gasteiger partial charge in [-0.2, -0.15) is 5.10 Å². The Morgan fingerprint density at radius 3 is 2.90 bits per heavy atom. The fourth-order valence-corrected chi connectivity index (χ4v) is 2.48. The van der Waals surface area contributed by atoms with E-state index in [0.29, 0.717) is 12.5 Å². The summed E-state index contributed by atoms with van der Waals surface area (Å²) >= 11 is 0. The SMILES string of the molecule is Cn1cc(C2CC2C(=O)OCCc2ccccc2)cn1. The number of hydrogen-bond donors (Lipinski definition) is 0. The Hall–Kier alpha value is -2.10. The Bertz CT molecular complexity index is 592. The molecule has 0 bridgehead atoms. The molecule has 2 atom stereocenters. The molecule has 3 rings (SSSR count). The van der Waals surface area contributed by atoms with Crippen molar-refractivity contribution in [1.82, 2.24) is 9.78 Å². The van der Waals surface area contributed by atoms with Crippen molar-refractivity contribution in [2.24, 2.45) is 13.0 Å². The molecule has 1 saturated carbocycles. The normalized spacial score (nSPS) is 20.6. The molecule has 1 aromatic carbocycles. The smallest absolute Gasteiger partial charge is 0.309 e. The first-order valence-corrected chi connectivity index (χ1v) is 6.93. The summed E-state index contributed by atoms with van der Waals surface area (Å²) in [5, 5.41) is 4.14. The van der Waals surface area contributed by atoms with Crippen molar-refractivity contribution in [2.45, 2.75) is 18.8 Å².